The van der Waals surface area contributed by atoms with Gasteiger partial charge in [-0.05, 0) is 56.7 Å². The van der Waals surface area contributed by atoms with Gasteiger partial charge >= 0.3 is 0 Å². The largest absolute Gasteiger partial charge is 0.319 e. The third-order valence-corrected chi connectivity index (χ3v) is 3.56. The highest BCUT2D eigenvalue weighted by Gasteiger charge is 2.04. The molecule has 0 saturated carbocycles. The molecule has 2 aromatic rings. The third kappa shape index (κ3) is 1.86. The van der Waals surface area contributed by atoms with Crippen LogP contribution in [0, 0.1) is 20.8 Å². The van der Waals surface area contributed by atoms with E-state index in [9.17, 15) is 0 Å². The SMILES string of the molecule is Cc1cc(-n2c(C)ccc2C)ccc1Br. The molecule has 1 nitrogen and oxygen atoms in total. The van der Waals surface area contributed by atoms with Gasteiger partial charge in [0.05, 0.1) is 0 Å². The summed E-state index contributed by atoms with van der Waals surface area (Å²) in [5, 5.41) is 0. The molecule has 0 unspecified atom stereocenters. The van der Waals surface area contributed by atoms with Crippen LogP contribution in [-0.4, -0.2) is 4.57 Å². The van der Waals surface area contributed by atoms with Crippen LogP contribution in [0.15, 0.2) is 34.8 Å². The minimum absolute atomic E-state index is 1.16. The summed E-state index contributed by atoms with van der Waals surface area (Å²) in [5.74, 6) is 0. The van der Waals surface area contributed by atoms with Crippen LogP contribution in [-0.2, 0) is 0 Å². The minimum Gasteiger partial charge on any atom is -0.319 e. The van der Waals surface area contributed by atoms with Crippen LogP contribution >= 0.6 is 15.9 Å². The first-order chi connectivity index (χ1) is 7.09. The number of rotatable bonds is 1. The van der Waals surface area contributed by atoms with E-state index in [1.54, 1.807) is 0 Å². The molecule has 0 aliphatic heterocycles. The van der Waals surface area contributed by atoms with E-state index < -0.39 is 0 Å². The van der Waals surface area contributed by atoms with Gasteiger partial charge in [-0.2, -0.15) is 0 Å². The molecule has 0 fully saturated rings. The van der Waals surface area contributed by atoms with E-state index in [0.29, 0.717) is 0 Å². The average molecular weight is 264 g/mol. The predicted octanol–water partition coefficient (Wildman–Crippen LogP) is 4.17. The van der Waals surface area contributed by atoms with Crippen LogP contribution < -0.4 is 0 Å². The zero-order valence-electron chi connectivity index (χ0n) is 9.21. The summed E-state index contributed by atoms with van der Waals surface area (Å²) >= 11 is 3.52. The molecule has 78 valence electrons. The smallest absolute Gasteiger partial charge is 0.0458 e. The van der Waals surface area contributed by atoms with Crippen molar-refractivity contribution in [2.75, 3.05) is 0 Å². The Kier molecular flexibility index (Phi) is 2.70. The van der Waals surface area contributed by atoms with Crippen molar-refractivity contribution in [1.29, 1.82) is 0 Å². The first-order valence-corrected chi connectivity index (χ1v) is 5.80. The van der Waals surface area contributed by atoms with Crippen molar-refractivity contribution in [1.82, 2.24) is 4.57 Å². The lowest BCUT2D eigenvalue weighted by atomic mass is 10.2. The number of benzene rings is 1. The van der Waals surface area contributed by atoms with Crippen LogP contribution in [0.4, 0.5) is 0 Å². The average Bonchev–Trinajstić information content (AvgIpc) is 2.52. The molecule has 15 heavy (non-hydrogen) atoms. The molecule has 2 heteroatoms. The normalized spacial score (nSPS) is 10.7. The van der Waals surface area contributed by atoms with Crippen molar-refractivity contribution in [3.8, 4) is 5.69 Å². The Morgan fingerprint density at radius 2 is 1.53 bits per heavy atom. The highest BCUT2D eigenvalue weighted by Crippen LogP contribution is 2.22. The van der Waals surface area contributed by atoms with Crippen LogP contribution in [0.25, 0.3) is 5.69 Å². The van der Waals surface area contributed by atoms with Crippen LogP contribution in [0.2, 0.25) is 0 Å². The van der Waals surface area contributed by atoms with E-state index in [4.69, 9.17) is 0 Å². The summed E-state index contributed by atoms with van der Waals surface area (Å²) in [4.78, 5) is 0. The number of aromatic nitrogens is 1. The summed E-state index contributed by atoms with van der Waals surface area (Å²) in [6.07, 6.45) is 0. The molecule has 1 aromatic carbocycles. The topological polar surface area (TPSA) is 4.93 Å². The molecule has 0 aliphatic rings. The first kappa shape index (κ1) is 10.5. The molecule has 2 rings (SSSR count). The summed E-state index contributed by atoms with van der Waals surface area (Å²) in [6, 6.07) is 10.7. The minimum atomic E-state index is 1.16. The van der Waals surface area contributed by atoms with E-state index in [2.05, 4.69) is 71.6 Å². The predicted molar refractivity (Wildman–Crippen MR) is 67.7 cm³/mol. The number of aryl methyl sites for hydroxylation is 3. The Morgan fingerprint density at radius 1 is 0.933 bits per heavy atom. The third-order valence-electron chi connectivity index (χ3n) is 2.67. The van der Waals surface area contributed by atoms with Gasteiger partial charge in [-0.3, -0.25) is 0 Å². The number of hydrogen-bond donors (Lipinski definition) is 0. The number of nitrogens with zero attached hydrogens (tertiary/aromatic N) is 1. The molecular weight excluding hydrogens is 250 g/mol. The fourth-order valence-corrected chi connectivity index (χ4v) is 2.09. The van der Waals surface area contributed by atoms with Crippen molar-refractivity contribution < 1.29 is 0 Å². The van der Waals surface area contributed by atoms with Gasteiger partial charge in [-0.1, -0.05) is 15.9 Å². The fraction of sp³-hybridized carbons (Fsp3) is 0.231. The van der Waals surface area contributed by atoms with Crippen molar-refractivity contribution in [2.45, 2.75) is 20.8 Å². The Morgan fingerprint density at radius 3 is 2.07 bits per heavy atom. The maximum absolute atomic E-state index is 3.52. The van der Waals surface area contributed by atoms with Gasteiger partial charge in [-0.25, -0.2) is 0 Å². The zero-order chi connectivity index (χ0) is 11.0. The molecule has 1 aromatic heterocycles. The van der Waals surface area contributed by atoms with Gasteiger partial charge in [0.1, 0.15) is 0 Å². The zero-order valence-corrected chi connectivity index (χ0v) is 10.8. The lowest BCUT2D eigenvalue weighted by Crippen LogP contribution is -1.98. The van der Waals surface area contributed by atoms with E-state index in [0.717, 1.165) is 4.47 Å². The van der Waals surface area contributed by atoms with E-state index in [1.807, 2.05) is 0 Å². The molecule has 0 aliphatic carbocycles. The second-order valence-electron chi connectivity index (χ2n) is 3.88. The van der Waals surface area contributed by atoms with E-state index in [1.165, 1.54) is 22.6 Å². The quantitative estimate of drug-likeness (QED) is 0.728. The molecule has 0 N–H and O–H groups in total. The molecular formula is C13H14BrN. The Balaban J connectivity index is 2.59. The van der Waals surface area contributed by atoms with Crippen LogP contribution in [0.5, 0.6) is 0 Å². The summed E-state index contributed by atoms with van der Waals surface area (Å²) in [6.45, 7) is 6.37. The fourth-order valence-electron chi connectivity index (χ4n) is 1.84. The van der Waals surface area contributed by atoms with Gasteiger partial charge < -0.3 is 4.57 Å². The molecule has 0 radical (unpaired) electrons. The Labute approximate surface area is 98.9 Å². The monoisotopic (exact) mass is 263 g/mol. The highest BCUT2D eigenvalue weighted by atomic mass is 79.9. The van der Waals surface area contributed by atoms with Crippen LogP contribution in [0.1, 0.15) is 17.0 Å². The van der Waals surface area contributed by atoms with Crippen molar-refractivity contribution in [2.24, 2.45) is 0 Å². The summed E-state index contributed by atoms with van der Waals surface area (Å²) < 4.78 is 3.42. The van der Waals surface area contributed by atoms with Crippen molar-refractivity contribution >= 4 is 15.9 Å². The Hall–Kier alpha value is -1.02. The summed E-state index contributed by atoms with van der Waals surface area (Å²) in [7, 11) is 0. The Bertz CT molecular complexity index is 478. The van der Waals surface area contributed by atoms with Gasteiger partial charge in [0.2, 0.25) is 0 Å². The lowest BCUT2D eigenvalue weighted by molar-refractivity contribution is 0.963. The maximum Gasteiger partial charge on any atom is 0.0458 e. The number of halogens is 1. The second-order valence-corrected chi connectivity index (χ2v) is 4.74. The molecule has 1 heterocycles. The molecule has 0 atom stereocenters. The standard InChI is InChI=1S/C13H14BrN/c1-9-8-12(6-7-13(9)14)15-10(2)4-5-11(15)3/h4-8H,1-3H3. The van der Waals surface area contributed by atoms with Gasteiger partial charge in [0.15, 0.2) is 0 Å². The molecule has 0 saturated heterocycles. The van der Waals surface area contributed by atoms with Gasteiger partial charge in [0, 0.05) is 21.5 Å². The highest BCUT2D eigenvalue weighted by molar-refractivity contribution is 9.10. The molecule has 0 bridgehead atoms. The van der Waals surface area contributed by atoms with Crippen molar-refractivity contribution in [3.05, 3.63) is 51.8 Å². The molecule has 0 spiro atoms. The summed E-state index contributed by atoms with van der Waals surface area (Å²) in [5.41, 5.74) is 5.04. The molecule has 0 amide bonds. The van der Waals surface area contributed by atoms with Crippen LogP contribution in [0.3, 0.4) is 0 Å². The van der Waals surface area contributed by atoms with E-state index >= 15 is 0 Å². The van der Waals surface area contributed by atoms with Gasteiger partial charge in [0.25, 0.3) is 0 Å². The van der Waals surface area contributed by atoms with Gasteiger partial charge in [-0.15, -0.1) is 0 Å². The van der Waals surface area contributed by atoms with Crippen molar-refractivity contribution in [3.63, 3.8) is 0 Å². The lowest BCUT2D eigenvalue weighted by Gasteiger charge is -2.10. The first-order valence-electron chi connectivity index (χ1n) is 5.01. The second kappa shape index (κ2) is 3.86. The maximum atomic E-state index is 3.52. The van der Waals surface area contributed by atoms with E-state index in [-0.39, 0.29) is 0 Å². The number of hydrogen-bond acceptors (Lipinski definition) is 0.